The van der Waals surface area contributed by atoms with Gasteiger partial charge >= 0.3 is 6.03 Å². The van der Waals surface area contributed by atoms with E-state index in [9.17, 15) is 4.79 Å². The van der Waals surface area contributed by atoms with Crippen LogP contribution in [0, 0.1) is 0 Å². The van der Waals surface area contributed by atoms with Crippen LogP contribution in [0.4, 0.5) is 10.5 Å². The Morgan fingerprint density at radius 2 is 2.07 bits per heavy atom. The largest absolute Gasteiger partial charge is 0.325 e. The molecule has 1 aromatic carbocycles. The zero-order chi connectivity index (χ0) is 18.4. The van der Waals surface area contributed by atoms with Crippen LogP contribution in [-0.2, 0) is 6.42 Å². The van der Waals surface area contributed by atoms with E-state index in [4.69, 9.17) is 11.6 Å². The molecule has 5 heteroatoms. The zero-order valence-electron chi connectivity index (χ0n) is 15.1. The van der Waals surface area contributed by atoms with Gasteiger partial charge < -0.3 is 4.90 Å². The molecule has 0 saturated carbocycles. The van der Waals surface area contributed by atoms with Gasteiger partial charge in [-0.1, -0.05) is 35.9 Å². The normalized spacial score (nSPS) is 23.8. The Bertz CT molecular complexity index is 925. The fourth-order valence-corrected chi connectivity index (χ4v) is 4.99. The van der Waals surface area contributed by atoms with Crippen molar-refractivity contribution in [2.45, 2.75) is 44.2 Å². The minimum atomic E-state index is 0.165. The molecule has 3 aliphatic rings. The number of aryl methyl sites for hydroxylation is 1. The molecule has 2 atom stereocenters. The number of benzene rings is 1. The van der Waals surface area contributed by atoms with E-state index < -0.39 is 0 Å². The van der Waals surface area contributed by atoms with E-state index in [-0.39, 0.29) is 18.1 Å². The first-order chi connectivity index (χ1) is 13.2. The number of hydrogen-bond acceptors (Lipinski definition) is 2. The summed E-state index contributed by atoms with van der Waals surface area (Å²) in [7, 11) is 0. The first kappa shape index (κ1) is 16.8. The lowest BCUT2D eigenvalue weighted by atomic mass is 9.95. The molecule has 1 aromatic heterocycles. The van der Waals surface area contributed by atoms with Crippen molar-refractivity contribution in [2.24, 2.45) is 0 Å². The van der Waals surface area contributed by atoms with Gasteiger partial charge in [0, 0.05) is 24.5 Å². The molecule has 2 bridgehead atoms. The predicted octanol–water partition coefficient (Wildman–Crippen LogP) is 4.93. The predicted molar refractivity (Wildman–Crippen MR) is 108 cm³/mol. The standard InChI is InChI=1S/C22H22ClN3O/c23-21-14-16(9-10-24-21)17-12-18-7-8-19(13-17)26(18)22(27)25-11-3-5-15-4-1-2-6-20(15)25/h1-2,4,6,9-10,12,14,18-19H,3,5,7-8,11,13H2. The van der Waals surface area contributed by atoms with Gasteiger partial charge in [0.25, 0.3) is 0 Å². The highest BCUT2D eigenvalue weighted by Gasteiger charge is 2.42. The summed E-state index contributed by atoms with van der Waals surface area (Å²) in [6.07, 6.45) is 9.09. The third-order valence-corrected chi connectivity index (χ3v) is 6.26. The fourth-order valence-electron chi connectivity index (χ4n) is 4.82. The molecule has 0 aliphatic carbocycles. The molecule has 5 rings (SSSR count). The molecule has 2 aromatic rings. The highest BCUT2D eigenvalue weighted by molar-refractivity contribution is 6.29. The third-order valence-electron chi connectivity index (χ3n) is 6.05. The summed E-state index contributed by atoms with van der Waals surface area (Å²) < 4.78 is 0. The SMILES string of the molecule is O=C(N1CCCc2ccccc21)N1C2C=C(c3ccnc(Cl)c3)CC1CC2. The van der Waals surface area contributed by atoms with E-state index in [0.717, 1.165) is 49.9 Å². The van der Waals surface area contributed by atoms with E-state index in [1.807, 2.05) is 23.1 Å². The van der Waals surface area contributed by atoms with Gasteiger partial charge in [0.15, 0.2) is 0 Å². The Morgan fingerprint density at radius 1 is 1.19 bits per heavy atom. The van der Waals surface area contributed by atoms with Crippen molar-refractivity contribution in [1.82, 2.24) is 9.88 Å². The van der Waals surface area contributed by atoms with Crippen LogP contribution in [0.25, 0.3) is 5.57 Å². The van der Waals surface area contributed by atoms with E-state index in [2.05, 4.69) is 34.2 Å². The van der Waals surface area contributed by atoms with Crippen molar-refractivity contribution in [2.75, 3.05) is 11.4 Å². The van der Waals surface area contributed by atoms with Crippen molar-refractivity contribution >= 4 is 28.9 Å². The Hall–Kier alpha value is -2.33. The molecule has 4 heterocycles. The van der Waals surface area contributed by atoms with Crippen molar-refractivity contribution in [3.63, 3.8) is 0 Å². The molecular formula is C22H22ClN3O. The van der Waals surface area contributed by atoms with Crippen LogP contribution < -0.4 is 4.90 Å². The van der Waals surface area contributed by atoms with Gasteiger partial charge in [-0.05, 0) is 67.0 Å². The second-order valence-corrected chi connectivity index (χ2v) is 8.02. The molecule has 2 amide bonds. The van der Waals surface area contributed by atoms with Crippen molar-refractivity contribution in [3.05, 3.63) is 65.0 Å². The number of amides is 2. The number of anilines is 1. The van der Waals surface area contributed by atoms with Gasteiger partial charge in [0.1, 0.15) is 5.15 Å². The first-order valence-corrected chi connectivity index (χ1v) is 10.1. The molecule has 0 radical (unpaired) electrons. The number of halogens is 1. The van der Waals surface area contributed by atoms with E-state index in [1.54, 1.807) is 6.20 Å². The van der Waals surface area contributed by atoms with Gasteiger partial charge in [-0.2, -0.15) is 0 Å². The molecule has 27 heavy (non-hydrogen) atoms. The number of hydrogen-bond donors (Lipinski definition) is 0. The summed E-state index contributed by atoms with van der Waals surface area (Å²) in [5.74, 6) is 0. The number of para-hydroxylation sites is 1. The molecule has 0 N–H and O–H groups in total. The summed E-state index contributed by atoms with van der Waals surface area (Å²) >= 11 is 6.07. The zero-order valence-corrected chi connectivity index (χ0v) is 15.9. The third kappa shape index (κ3) is 2.92. The van der Waals surface area contributed by atoms with Crippen LogP contribution in [0.2, 0.25) is 5.15 Å². The second kappa shape index (κ2) is 6.68. The summed E-state index contributed by atoms with van der Waals surface area (Å²) in [5.41, 5.74) is 4.78. The van der Waals surface area contributed by atoms with Gasteiger partial charge in [-0.15, -0.1) is 0 Å². The average molecular weight is 380 g/mol. The lowest BCUT2D eigenvalue weighted by molar-refractivity contribution is 0.186. The molecule has 138 valence electrons. The van der Waals surface area contributed by atoms with Gasteiger partial charge in [0.2, 0.25) is 0 Å². The summed E-state index contributed by atoms with van der Waals surface area (Å²) in [6, 6.07) is 12.9. The van der Waals surface area contributed by atoms with Crippen molar-refractivity contribution in [1.29, 1.82) is 0 Å². The lowest BCUT2D eigenvalue weighted by Crippen LogP contribution is -2.51. The Balaban J connectivity index is 1.44. The molecule has 1 fully saturated rings. The van der Waals surface area contributed by atoms with E-state index >= 15 is 0 Å². The molecule has 3 aliphatic heterocycles. The van der Waals surface area contributed by atoms with Gasteiger partial charge in [0.05, 0.1) is 6.04 Å². The number of rotatable bonds is 1. The maximum absolute atomic E-state index is 13.5. The first-order valence-electron chi connectivity index (χ1n) is 9.71. The number of carbonyl (C=O) groups is 1. The quantitative estimate of drug-likeness (QED) is 0.659. The monoisotopic (exact) mass is 379 g/mol. The van der Waals surface area contributed by atoms with Gasteiger partial charge in [-0.25, -0.2) is 9.78 Å². The van der Waals surface area contributed by atoms with E-state index in [0.29, 0.717) is 5.15 Å². The highest BCUT2D eigenvalue weighted by atomic mass is 35.5. The molecule has 4 nitrogen and oxygen atoms in total. The highest BCUT2D eigenvalue weighted by Crippen LogP contribution is 2.40. The molecule has 1 saturated heterocycles. The van der Waals surface area contributed by atoms with Crippen LogP contribution in [0.3, 0.4) is 0 Å². The van der Waals surface area contributed by atoms with Crippen LogP contribution in [0.1, 0.15) is 36.8 Å². The Labute approximate surface area is 164 Å². The maximum Gasteiger partial charge on any atom is 0.325 e. The number of urea groups is 1. The number of aromatic nitrogens is 1. The summed E-state index contributed by atoms with van der Waals surface area (Å²) in [6.45, 7) is 0.808. The topological polar surface area (TPSA) is 36.4 Å². The maximum atomic E-state index is 13.5. The number of pyridine rings is 1. The minimum absolute atomic E-state index is 0.165. The van der Waals surface area contributed by atoms with Crippen LogP contribution >= 0.6 is 11.6 Å². The smallest absolute Gasteiger partial charge is 0.315 e. The van der Waals surface area contributed by atoms with E-state index in [1.165, 1.54) is 11.1 Å². The number of nitrogens with zero attached hydrogens (tertiary/aromatic N) is 3. The second-order valence-electron chi connectivity index (χ2n) is 7.64. The van der Waals surface area contributed by atoms with Crippen molar-refractivity contribution < 1.29 is 4.79 Å². The Morgan fingerprint density at radius 3 is 2.93 bits per heavy atom. The molecule has 0 spiro atoms. The molecular weight excluding hydrogens is 358 g/mol. The number of carbonyl (C=O) groups excluding carboxylic acids is 1. The fraction of sp³-hybridized carbons (Fsp3) is 0.364. The van der Waals surface area contributed by atoms with Crippen LogP contribution in [-0.4, -0.2) is 34.5 Å². The summed E-state index contributed by atoms with van der Waals surface area (Å²) in [4.78, 5) is 21.7. The lowest BCUT2D eigenvalue weighted by Gasteiger charge is -2.39. The Kier molecular flexibility index (Phi) is 4.16. The minimum Gasteiger partial charge on any atom is -0.315 e. The van der Waals surface area contributed by atoms with Gasteiger partial charge in [-0.3, -0.25) is 4.90 Å². The van der Waals surface area contributed by atoms with Crippen LogP contribution in [0.15, 0.2) is 48.7 Å². The summed E-state index contributed by atoms with van der Waals surface area (Å²) in [5, 5.41) is 0.518. The van der Waals surface area contributed by atoms with Crippen molar-refractivity contribution in [3.8, 4) is 0 Å². The molecule has 2 unspecified atom stereocenters. The van der Waals surface area contributed by atoms with Crippen LogP contribution in [0.5, 0.6) is 0 Å². The number of fused-ring (bicyclic) bond motifs is 3. The average Bonchev–Trinajstić information content (AvgIpc) is 2.96.